The second kappa shape index (κ2) is 4.80. The predicted octanol–water partition coefficient (Wildman–Crippen LogP) is 1.08. The third kappa shape index (κ3) is 2.09. The normalized spacial score (nSPS) is 34.5. The first-order valence-corrected chi connectivity index (χ1v) is 7.14. The van der Waals surface area contributed by atoms with E-state index in [1.165, 1.54) is 0 Å². The van der Waals surface area contributed by atoms with E-state index in [9.17, 15) is 17.6 Å². The first-order chi connectivity index (χ1) is 10.9. The zero-order valence-electron chi connectivity index (χ0n) is 12.0. The lowest BCUT2D eigenvalue weighted by atomic mass is 9.90. The van der Waals surface area contributed by atoms with Crippen molar-refractivity contribution in [2.24, 2.45) is 0 Å². The molecule has 1 aromatic rings. The molecule has 0 amide bonds. The van der Waals surface area contributed by atoms with Gasteiger partial charge in [0, 0.05) is 19.6 Å². The number of hydrogen-bond acceptors (Lipinski definition) is 5. The molecule has 122 valence electrons. The van der Waals surface area contributed by atoms with Crippen LogP contribution in [0.2, 0.25) is 0 Å². The standard InChI is InChI=1S/C14H13F4N5/c15-9-8(1-19)10(16)12(18)13(11(9)17)20-14-2-21-5-22(3-14)7-23(4-14)6-21/h20H,2-7H2. The van der Waals surface area contributed by atoms with Crippen LogP contribution in [-0.2, 0) is 0 Å². The average molecular weight is 327 g/mol. The summed E-state index contributed by atoms with van der Waals surface area (Å²) in [5.74, 6) is -6.45. The Balaban J connectivity index is 1.74. The highest BCUT2D eigenvalue weighted by Crippen LogP contribution is 2.35. The lowest BCUT2D eigenvalue weighted by molar-refractivity contribution is -0.134. The first kappa shape index (κ1) is 14.7. The number of nitrogens with zero attached hydrogens (tertiary/aromatic N) is 4. The number of halogens is 4. The van der Waals surface area contributed by atoms with Crippen molar-refractivity contribution in [2.45, 2.75) is 5.54 Å². The molecule has 0 atom stereocenters. The van der Waals surface area contributed by atoms with Crippen LogP contribution in [0, 0.1) is 34.6 Å². The van der Waals surface area contributed by atoms with Crippen molar-refractivity contribution in [2.75, 3.05) is 45.0 Å². The smallest absolute Gasteiger partial charge is 0.186 e. The molecule has 0 aliphatic carbocycles. The van der Waals surface area contributed by atoms with Crippen molar-refractivity contribution < 1.29 is 17.6 Å². The summed E-state index contributed by atoms with van der Waals surface area (Å²) in [7, 11) is 0. The lowest BCUT2D eigenvalue weighted by Gasteiger charge is -2.60. The van der Waals surface area contributed by atoms with Crippen molar-refractivity contribution in [3.05, 3.63) is 28.8 Å². The quantitative estimate of drug-likeness (QED) is 0.651. The molecule has 1 N–H and O–H groups in total. The minimum absolute atomic E-state index is 0.530. The van der Waals surface area contributed by atoms with E-state index in [-0.39, 0.29) is 0 Å². The van der Waals surface area contributed by atoms with Crippen LogP contribution in [0.25, 0.3) is 0 Å². The fourth-order valence-corrected chi connectivity index (χ4v) is 3.94. The van der Waals surface area contributed by atoms with Gasteiger partial charge < -0.3 is 5.32 Å². The molecule has 4 aliphatic rings. The maximum absolute atomic E-state index is 14.1. The molecule has 0 aromatic heterocycles. The minimum Gasteiger partial charge on any atom is -0.371 e. The number of anilines is 1. The van der Waals surface area contributed by atoms with Crippen molar-refractivity contribution in [3.8, 4) is 6.07 Å². The zero-order chi connectivity index (χ0) is 16.4. The summed E-state index contributed by atoms with van der Waals surface area (Å²) in [4.78, 5) is 6.28. The van der Waals surface area contributed by atoms with Crippen LogP contribution < -0.4 is 5.32 Å². The zero-order valence-corrected chi connectivity index (χ0v) is 12.0. The van der Waals surface area contributed by atoms with E-state index >= 15 is 0 Å². The SMILES string of the molecule is N#Cc1c(F)c(F)c(NC23CN4CN(CN(C4)C2)C3)c(F)c1F. The summed E-state index contributed by atoms with van der Waals surface area (Å²) in [6.45, 7) is 3.88. The number of benzene rings is 1. The van der Waals surface area contributed by atoms with Gasteiger partial charge in [-0.2, -0.15) is 5.26 Å². The van der Waals surface area contributed by atoms with Gasteiger partial charge in [-0.15, -0.1) is 0 Å². The molecule has 5 rings (SSSR count). The van der Waals surface area contributed by atoms with Crippen LogP contribution in [0.5, 0.6) is 0 Å². The fraction of sp³-hybridized carbons (Fsp3) is 0.500. The van der Waals surface area contributed by atoms with Gasteiger partial charge in [0.2, 0.25) is 0 Å². The van der Waals surface area contributed by atoms with Gasteiger partial charge in [-0.05, 0) is 0 Å². The summed E-state index contributed by atoms with van der Waals surface area (Å²) < 4.78 is 55.9. The lowest BCUT2D eigenvalue weighted by Crippen LogP contribution is -2.78. The third-order valence-corrected chi connectivity index (χ3v) is 4.54. The van der Waals surface area contributed by atoms with Gasteiger partial charge in [0.25, 0.3) is 0 Å². The summed E-state index contributed by atoms with van der Waals surface area (Å²) in [5, 5.41) is 11.3. The monoisotopic (exact) mass is 327 g/mol. The van der Waals surface area contributed by atoms with Crippen LogP contribution in [0.3, 0.4) is 0 Å². The van der Waals surface area contributed by atoms with Gasteiger partial charge in [-0.1, -0.05) is 0 Å². The molecular weight excluding hydrogens is 314 g/mol. The molecule has 23 heavy (non-hydrogen) atoms. The maximum atomic E-state index is 14.1. The highest BCUT2D eigenvalue weighted by molar-refractivity contribution is 5.54. The molecule has 0 unspecified atom stereocenters. The average Bonchev–Trinajstić information content (AvgIpc) is 2.49. The van der Waals surface area contributed by atoms with Crippen LogP contribution in [0.1, 0.15) is 5.56 Å². The van der Waals surface area contributed by atoms with Gasteiger partial charge in [-0.25, -0.2) is 17.6 Å². The van der Waals surface area contributed by atoms with Gasteiger partial charge in [0.15, 0.2) is 23.3 Å². The summed E-state index contributed by atoms with van der Waals surface area (Å²) in [5.41, 5.74) is -2.79. The van der Waals surface area contributed by atoms with Crippen molar-refractivity contribution in [1.82, 2.24) is 14.7 Å². The molecule has 0 saturated carbocycles. The molecule has 4 fully saturated rings. The summed E-state index contributed by atoms with van der Waals surface area (Å²) >= 11 is 0. The molecule has 9 heteroatoms. The first-order valence-electron chi connectivity index (χ1n) is 7.14. The van der Waals surface area contributed by atoms with Crippen molar-refractivity contribution >= 4 is 5.69 Å². The van der Waals surface area contributed by atoms with Gasteiger partial charge >= 0.3 is 0 Å². The Kier molecular flexibility index (Phi) is 3.07. The summed E-state index contributed by atoms with van der Waals surface area (Å²) in [6.07, 6.45) is 0. The Hall–Kier alpha value is -1.89. The van der Waals surface area contributed by atoms with E-state index in [0.29, 0.717) is 19.6 Å². The van der Waals surface area contributed by atoms with E-state index in [1.807, 2.05) is 0 Å². The van der Waals surface area contributed by atoms with E-state index < -0.39 is 40.1 Å². The number of rotatable bonds is 2. The Bertz CT molecular complexity index is 665. The Morgan fingerprint density at radius 1 is 0.826 bits per heavy atom. The number of hydrogen-bond donors (Lipinski definition) is 1. The number of nitriles is 1. The van der Waals surface area contributed by atoms with E-state index in [1.54, 1.807) is 0 Å². The topological polar surface area (TPSA) is 45.5 Å². The largest absolute Gasteiger partial charge is 0.371 e. The van der Waals surface area contributed by atoms with Gasteiger partial charge in [0.1, 0.15) is 17.3 Å². The van der Waals surface area contributed by atoms with E-state index in [4.69, 9.17) is 5.26 Å². The molecule has 0 spiro atoms. The molecule has 4 saturated heterocycles. The van der Waals surface area contributed by atoms with Crippen molar-refractivity contribution in [3.63, 3.8) is 0 Å². The maximum Gasteiger partial charge on any atom is 0.186 e. The van der Waals surface area contributed by atoms with Crippen molar-refractivity contribution in [1.29, 1.82) is 5.26 Å². The minimum atomic E-state index is -1.67. The Morgan fingerprint density at radius 3 is 1.65 bits per heavy atom. The second-order valence-corrected chi connectivity index (χ2v) is 6.43. The molecule has 4 aliphatic heterocycles. The van der Waals surface area contributed by atoms with Crippen LogP contribution >= 0.6 is 0 Å². The second-order valence-electron chi connectivity index (χ2n) is 6.43. The van der Waals surface area contributed by atoms with Crippen LogP contribution in [0.4, 0.5) is 23.2 Å². The van der Waals surface area contributed by atoms with Crippen LogP contribution in [0.15, 0.2) is 0 Å². The van der Waals surface area contributed by atoms with E-state index in [2.05, 4.69) is 20.0 Å². The molecule has 4 bridgehead atoms. The molecular formula is C14H13F4N5. The van der Waals surface area contributed by atoms with E-state index in [0.717, 1.165) is 26.1 Å². The summed E-state index contributed by atoms with van der Waals surface area (Å²) in [6, 6.07) is 1.15. The molecule has 1 aromatic carbocycles. The number of nitrogens with one attached hydrogen (secondary N) is 1. The molecule has 0 radical (unpaired) electrons. The predicted molar refractivity (Wildman–Crippen MR) is 72.1 cm³/mol. The Morgan fingerprint density at radius 2 is 1.26 bits per heavy atom. The van der Waals surface area contributed by atoms with Gasteiger partial charge in [0.05, 0.1) is 25.5 Å². The molecule has 4 heterocycles. The van der Waals surface area contributed by atoms with Gasteiger partial charge in [-0.3, -0.25) is 14.7 Å². The van der Waals surface area contributed by atoms with Crippen LogP contribution in [-0.4, -0.2) is 59.9 Å². The highest BCUT2D eigenvalue weighted by atomic mass is 19.2. The Labute approximate surface area is 129 Å². The fourth-order valence-electron chi connectivity index (χ4n) is 3.94. The molecule has 5 nitrogen and oxygen atoms in total. The highest BCUT2D eigenvalue weighted by Gasteiger charge is 2.49. The third-order valence-electron chi connectivity index (χ3n) is 4.54.